The SMILES string of the molecule is CCCCCNc1ccc(S(=O)(=O)NCCCOC)cc1C(=O)O. The molecule has 1 aromatic carbocycles. The summed E-state index contributed by atoms with van der Waals surface area (Å²) in [6.07, 6.45) is 3.59. The number of carboxylic acid groups (broad SMARTS) is 1. The minimum atomic E-state index is -3.74. The zero-order valence-electron chi connectivity index (χ0n) is 14.2. The number of nitrogens with one attached hydrogen (secondary N) is 2. The van der Waals surface area contributed by atoms with Crippen LogP contribution in [0.15, 0.2) is 23.1 Å². The summed E-state index contributed by atoms with van der Waals surface area (Å²) in [7, 11) is -2.20. The normalized spacial score (nSPS) is 11.4. The molecule has 0 atom stereocenters. The number of hydrogen-bond acceptors (Lipinski definition) is 5. The summed E-state index contributed by atoms with van der Waals surface area (Å²) in [5.74, 6) is -1.16. The Bertz CT molecular complexity index is 631. The number of carbonyl (C=O) groups is 1. The Balaban J connectivity index is 2.86. The number of aromatic carboxylic acids is 1. The van der Waals surface area contributed by atoms with Gasteiger partial charge in [0.1, 0.15) is 0 Å². The van der Waals surface area contributed by atoms with Crippen LogP contribution in [0.3, 0.4) is 0 Å². The van der Waals surface area contributed by atoms with Crippen LogP contribution in [0, 0.1) is 0 Å². The van der Waals surface area contributed by atoms with Crippen LogP contribution in [0.1, 0.15) is 43.0 Å². The summed E-state index contributed by atoms with van der Waals surface area (Å²) in [6, 6.07) is 4.09. The average molecular weight is 358 g/mol. The zero-order valence-corrected chi connectivity index (χ0v) is 15.0. The number of hydrogen-bond donors (Lipinski definition) is 3. The molecule has 1 rings (SSSR count). The molecule has 0 fully saturated rings. The van der Waals surface area contributed by atoms with Crippen LogP contribution in [0.5, 0.6) is 0 Å². The van der Waals surface area contributed by atoms with Crippen LogP contribution in [0.4, 0.5) is 5.69 Å². The first kappa shape index (κ1) is 20.4. The smallest absolute Gasteiger partial charge is 0.337 e. The first-order chi connectivity index (χ1) is 11.4. The topological polar surface area (TPSA) is 105 Å². The second kappa shape index (κ2) is 10.3. The summed E-state index contributed by atoms with van der Waals surface area (Å²) in [5, 5.41) is 12.4. The van der Waals surface area contributed by atoms with Crippen molar-refractivity contribution in [3.8, 4) is 0 Å². The molecule has 0 saturated heterocycles. The van der Waals surface area contributed by atoms with Gasteiger partial charge in [0.2, 0.25) is 10.0 Å². The van der Waals surface area contributed by atoms with E-state index in [1.165, 1.54) is 18.2 Å². The summed E-state index contributed by atoms with van der Waals surface area (Å²) >= 11 is 0. The van der Waals surface area contributed by atoms with Crippen LogP contribution in [-0.4, -0.2) is 46.3 Å². The van der Waals surface area contributed by atoms with Gasteiger partial charge in [0, 0.05) is 32.5 Å². The van der Waals surface area contributed by atoms with Crippen molar-refractivity contribution in [3.05, 3.63) is 23.8 Å². The summed E-state index contributed by atoms with van der Waals surface area (Å²) < 4.78 is 31.7. The highest BCUT2D eigenvalue weighted by molar-refractivity contribution is 7.89. The number of sulfonamides is 1. The van der Waals surface area contributed by atoms with E-state index in [0.717, 1.165) is 19.3 Å². The molecule has 0 spiro atoms. The predicted octanol–water partition coefficient (Wildman–Crippen LogP) is 2.30. The van der Waals surface area contributed by atoms with Crippen molar-refractivity contribution in [1.82, 2.24) is 4.72 Å². The number of carboxylic acids is 1. The van der Waals surface area contributed by atoms with Crippen LogP contribution >= 0.6 is 0 Å². The number of unbranched alkanes of at least 4 members (excludes halogenated alkanes) is 2. The van der Waals surface area contributed by atoms with Crippen molar-refractivity contribution >= 4 is 21.7 Å². The molecule has 0 heterocycles. The van der Waals surface area contributed by atoms with E-state index in [0.29, 0.717) is 25.3 Å². The van der Waals surface area contributed by atoms with Gasteiger partial charge in [0.15, 0.2) is 0 Å². The van der Waals surface area contributed by atoms with Crippen LogP contribution in [0.2, 0.25) is 0 Å². The van der Waals surface area contributed by atoms with E-state index in [2.05, 4.69) is 17.0 Å². The third kappa shape index (κ3) is 6.46. The quantitative estimate of drug-likeness (QED) is 0.495. The van der Waals surface area contributed by atoms with Crippen molar-refractivity contribution < 1.29 is 23.1 Å². The number of anilines is 1. The van der Waals surface area contributed by atoms with Gasteiger partial charge < -0.3 is 15.2 Å². The Labute approximate surface area is 143 Å². The van der Waals surface area contributed by atoms with Crippen LogP contribution < -0.4 is 10.0 Å². The second-order valence-corrected chi connectivity index (χ2v) is 7.16. The maximum absolute atomic E-state index is 12.2. The number of methoxy groups -OCH3 is 1. The molecule has 0 aliphatic carbocycles. The Morgan fingerprint density at radius 1 is 1.21 bits per heavy atom. The van der Waals surface area contributed by atoms with E-state index in [-0.39, 0.29) is 17.0 Å². The van der Waals surface area contributed by atoms with E-state index in [4.69, 9.17) is 4.74 Å². The average Bonchev–Trinajstić information content (AvgIpc) is 2.55. The maximum Gasteiger partial charge on any atom is 0.337 e. The Morgan fingerprint density at radius 3 is 2.58 bits per heavy atom. The van der Waals surface area contributed by atoms with Crippen LogP contribution in [-0.2, 0) is 14.8 Å². The molecule has 24 heavy (non-hydrogen) atoms. The lowest BCUT2D eigenvalue weighted by molar-refractivity contribution is 0.0697. The minimum Gasteiger partial charge on any atom is -0.478 e. The van der Waals surface area contributed by atoms with Gasteiger partial charge in [-0.1, -0.05) is 19.8 Å². The highest BCUT2D eigenvalue weighted by Crippen LogP contribution is 2.21. The molecule has 0 aromatic heterocycles. The number of ether oxygens (including phenoxy) is 1. The molecule has 0 amide bonds. The van der Waals surface area contributed by atoms with Crippen molar-refractivity contribution in [1.29, 1.82) is 0 Å². The Morgan fingerprint density at radius 2 is 1.96 bits per heavy atom. The summed E-state index contributed by atoms with van der Waals surface area (Å²) in [6.45, 7) is 3.41. The molecule has 8 heteroatoms. The monoisotopic (exact) mass is 358 g/mol. The Kier molecular flexibility index (Phi) is 8.73. The molecule has 0 saturated carbocycles. The van der Waals surface area contributed by atoms with E-state index >= 15 is 0 Å². The van der Waals surface area contributed by atoms with Crippen molar-refractivity contribution in [2.75, 3.05) is 32.1 Å². The second-order valence-electron chi connectivity index (χ2n) is 5.39. The molecule has 0 unspecified atom stereocenters. The van der Waals surface area contributed by atoms with Crippen LogP contribution in [0.25, 0.3) is 0 Å². The first-order valence-corrected chi connectivity index (χ1v) is 9.50. The van der Waals surface area contributed by atoms with Crippen molar-refractivity contribution in [2.24, 2.45) is 0 Å². The van der Waals surface area contributed by atoms with E-state index in [9.17, 15) is 18.3 Å². The molecule has 136 valence electrons. The fourth-order valence-corrected chi connectivity index (χ4v) is 3.23. The lowest BCUT2D eigenvalue weighted by atomic mass is 10.1. The molecule has 0 aliphatic rings. The van der Waals surface area contributed by atoms with Crippen molar-refractivity contribution in [2.45, 2.75) is 37.5 Å². The van der Waals surface area contributed by atoms with Gasteiger partial charge in [-0.3, -0.25) is 0 Å². The third-order valence-electron chi connectivity index (χ3n) is 3.44. The summed E-state index contributed by atoms with van der Waals surface area (Å²) in [4.78, 5) is 11.4. The lowest BCUT2D eigenvalue weighted by Crippen LogP contribution is -2.26. The number of rotatable bonds is 12. The molecule has 0 bridgehead atoms. The third-order valence-corrected chi connectivity index (χ3v) is 4.90. The van der Waals surface area contributed by atoms with Gasteiger partial charge in [-0.25, -0.2) is 17.9 Å². The van der Waals surface area contributed by atoms with Gasteiger partial charge in [0.05, 0.1) is 10.5 Å². The molecule has 3 N–H and O–H groups in total. The Hall–Kier alpha value is -1.64. The van der Waals surface area contributed by atoms with Gasteiger partial charge in [0.25, 0.3) is 0 Å². The van der Waals surface area contributed by atoms with Gasteiger partial charge in [-0.2, -0.15) is 0 Å². The van der Waals surface area contributed by atoms with Gasteiger partial charge in [-0.15, -0.1) is 0 Å². The first-order valence-electron chi connectivity index (χ1n) is 8.02. The highest BCUT2D eigenvalue weighted by atomic mass is 32.2. The fourth-order valence-electron chi connectivity index (χ4n) is 2.13. The standard InChI is InChI=1S/C16H26N2O5S/c1-3-4-5-9-17-15-8-7-13(12-14(15)16(19)20)24(21,22)18-10-6-11-23-2/h7-8,12,17-18H,3-6,9-11H2,1-2H3,(H,19,20). The summed E-state index contributed by atoms with van der Waals surface area (Å²) in [5.41, 5.74) is 0.378. The highest BCUT2D eigenvalue weighted by Gasteiger charge is 2.18. The fraction of sp³-hybridized carbons (Fsp3) is 0.562. The van der Waals surface area contributed by atoms with E-state index < -0.39 is 16.0 Å². The molecule has 0 radical (unpaired) electrons. The van der Waals surface area contributed by atoms with E-state index in [1.807, 2.05) is 0 Å². The molecule has 7 nitrogen and oxygen atoms in total. The van der Waals surface area contributed by atoms with Crippen molar-refractivity contribution in [3.63, 3.8) is 0 Å². The molecule has 1 aromatic rings. The zero-order chi connectivity index (χ0) is 18.0. The number of benzene rings is 1. The maximum atomic E-state index is 12.2. The minimum absolute atomic E-state index is 0.0498. The lowest BCUT2D eigenvalue weighted by Gasteiger charge is -2.12. The van der Waals surface area contributed by atoms with E-state index in [1.54, 1.807) is 7.11 Å². The van der Waals surface area contributed by atoms with Gasteiger partial charge >= 0.3 is 5.97 Å². The largest absolute Gasteiger partial charge is 0.478 e. The predicted molar refractivity (Wildman–Crippen MR) is 93.1 cm³/mol. The molecule has 0 aliphatic heterocycles. The molecular weight excluding hydrogens is 332 g/mol. The van der Waals surface area contributed by atoms with Gasteiger partial charge in [-0.05, 0) is 31.0 Å². The molecular formula is C16H26N2O5S.